The van der Waals surface area contributed by atoms with Crippen LogP contribution in [-0.2, 0) is 4.79 Å². The van der Waals surface area contributed by atoms with Gasteiger partial charge in [-0.25, -0.2) is 13.2 Å². The number of halogens is 4. The Hall–Kier alpha value is -1.59. The molecule has 1 aromatic rings. The first-order valence-electron chi connectivity index (χ1n) is 5.43. The second-order valence-corrected chi connectivity index (χ2v) is 2.42. The van der Waals surface area contributed by atoms with E-state index >= 15 is 0 Å². The summed E-state index contributed by atoms with van der Waals surface area (Å²) in [5, 5.41) is 0. The second kappa shape index (κ2) is 9.44. The zero-order chi connectivity index (χ0) is 14.9. The monoisotopic (exact) mass is 268 g/mol. The van der Waals surface area contributed by atoms with Gasteiger partial charge in [0.15, 0.2) is 17.5 Å². The van der Waals surface area contributed by atoms with Crippen LogP contribution in [0.4, 0.5) is 17.6 Å². The van der Waals surface area contributed by atoms with Crippen molar-refractivity contribution in [1.29, 1.82) is 0 Å². The molecule has 18 heavy (non-hydrogen) atoms. The van der Waals surface area contributed by atoms with Crippen molar-refractivity contribution < 1.29 is 27.1 Å². The zero-order valence-corrected chi connectivity index (χ0v) is 10.9. The summed E-state index contributed by atoms with van der Waals surface area (Å²) in [6, 6.07) is 0. The fraction of sp³-hybridized carbons (Fsp3) is 0.417. The summed E-state index contributed by atoms with van der Waals surface area (Å²) in [6.07, 6.45) is 0. The molecule has 0 bridgehead atoms. The lowest BCUT2D eigenvalue weighted by atomic mass is 10.2. The van der Waals surface area contributed by atoms with Crippen LogP contribution in [0.3, 0.4) is 0 Å². The van der Waals surface area contributed by atoms with Crippen LogP contribution in [-0.4, -0.2) is 6.47 Å². The standard InChI is InChI=1S/C8H4F4O2.2C2H6/c1-3-4(9)6(11)7(12)8(5(3)10)14-2-13;2*1-2/h2H,1H3;2*1-2H3. The molecule has 0 N–H and O–H groups in total. The lowest BCUT2D eigenvalue weighted by Crippen LogP contribution is -2.04. The Morgan fingerprint density at radius 2 is 1.28 bits per heavy atom. The van der Waals surface area contributed by atoms with Crippen LogP contribution in [0.15, 0.2) is 0 Å². The maximum Gasteiger partial charge on any atom is 0.298 e. The van der Waals surface area contributed by atoms with Crippen LogP contribution in [0.5, 0.6) is 5.75 Å². The molecule has 6 heteroatoms. The Kier molecular flexibility index (Phi) is 9.84. The first-order valence-corrected chi connectivity index (χ1v) is 5.43. The molecule has 0 saturated carbocycles. The van der Waals surface area contributed by atoms with Crippen molar-refractivity contribution in [2.75, 3.05) is 0 Å². The third kappa shape index (κ3) is 4.01. The summed E-state index contributed by atoms with van der Waals surface area (Å²) >= 11 is 0. The number of rotatable bonds is 2. The number of ether oxygens (including phenoxy) is 1. The molecule has 0 aliphatic rings. The topological polar surface area (TPSA) is 26.3 Å². The lowest BCUT2D eigenvalue weighted by molar-refractivity contribution is -0.121. The van der Waals surface area contributed by atoms with E-state index in [0.29, 0.717) is 0 Å². The largest absolute Gasteiger partial charge is 0.422 e. The first kappa shape index (κ1) is 18.8. The fourth-order valence-electron chi connectivity index (χ4n) is 0.875. The number of carbonyl (C=O) groups is 1. The molecular formula is C12H16F4O2. The highest BCUT2D eigenvalue weighted by molar-refractivity contribution is 5.47. The molecule has 0 unspecified atom stereocenters. The maximum absolute atomic E-state index is 13.0. The van der Waals surface area contributed by atoms with Crippen LogP contribution in [0, 0.1) is 30.2 Å². The van der Waals surface area contributed by atoms with E-state index in [1.54, 1.807) is 0 Å². The molecule has 0 spiro atoms. The minimum absolute atomic E-state index is 0.279. The molecule has 0 atom stereocenters. The summed E-state index contributed by atoms with van der Waals surface area (Å²) in [5.74, 6) is -8.05. The molecular weight excluding hydrogens is 252 g/mol. The van der Waals surface area contributed by atoms with E-state index in [2.05, 4.69) is 4.74 Å². The van der Waals surface area contributed by atoms with Crippen molar-refractivity contribution >= 4 is 6.47 Å². The first-order chi connectivity index (χ1) is 8.50. The van der Waals surface area contributed by atoms with Crippen LogP contribution in [0.2, 0.25) is 0 Å². The van der Waals surface area contributed by atoms with Gasteiger partial charge in [-0.1, -0.05) is 27.7 Å². The van der Waals surface area contributed by atoms with Gasteiger partial charge in [-0.3, -0.25) is 4.79 Å². The third-order valence-corrected chi connectivity index (χ3v) is 1.61. The summed E-state index contributed by atoms with van der Waals surface area (Å²) in [6.45, 7) is 8.61. The van der Waals surface area contributed by atoms with Crippen LogP contribution in [0.1, 0.15) is 33.3 Å². The average Bonchev–Trinajstić information content (AvgIpc) is 2.43. The molecule has 0 aromatic heterocycles. The normalized spacial score (nSPS) is 8.50. The summed E-state index contributed by atoms with van der Waals surface area (Å²) in [4.78, 5) is 9.81. The minimum atomic E-state index is -1.87. The van der Waals surface area contributed by atoms with E-state index in [-0.39, 0.29) is 6.47 Å². The molecule has 2 nitrogen and oxygen atoms in total. The molecule has 0 saturated heterocycles. The van der Waals surface area contributed by atoms with Gasteiger partial charge in [0, 0.05) is 5.56 Å². The Morgan fingerprint density at radius 1 is 0.833 bits per heavy atom. The number of hydrogen-bond donors (Lipinski definition) is 0. The predicted molar refractivity (Wildman–Crippen MR) is 60.4 cm³/mol. The molecule has 104 valence electrons. The van der Waals surface area contributed by atoms with Gasteiger partial charge >= 0.3 is 0 Å². The van der Waals surface area contributed by atoms with Crippen molar-refractivity contribution in [1.82, 2.24) is 0 Å². The summed E-state index contributed by atoms with van der Waals surface area (Å²) < 4.78 is 54.9. The zero-order valence-electron chi connectivity index (χ0n) is 10.9. The minimum Gasteiger partial charge on any atom is -0.422 e. The lowest BCUT2D eigenvalue weighted by Gasteiger charge is -2.06. The van der Waals surface area contributed by atoms with Crippen LogP contribution < -0.4 is 4.74 Å². The van der Waals surface area contributed by atoms with Gasteiger partial charge in [-0.15, -0.1) is 0 Å². The quantitative estimate of drug-likeness (QED) is 0.349. The van der Waals surface area contributed by atoms with E-state index in [9.17, 15) is 22.4 Å². The molecule has 0 amide bonds. The molecule has 1 aromatic carbocycles. The van der Waals surface area contributed by atoms with Crippen LogP contribution >= 0.6 is 0 Å². The molecule has 1 rings (SSSR count). The Bertz CT molecular complexity index is 363. The van der Waals surface area contributed by atoms with Crippen molar-refractivity contribution in [3.63, 3.8) is 0 Å². The highest BCUT2D eigenvalue weighted by atomic mass is 19.2. The molecule has 0 radical (unpaired) electrons. The number of carbonyl (C=O) groups excluding carboxylic acids is 1. The number of hydrogen-bond acceptors (Lipinski definition) is 2. The Morgan fingerprint density at radius 3 is 1.67 bits per heavy atom. The van der Waals surface area contributed by atoms with Gasteiger partial charge in [-0.05, 0) is 6.92 Å². The van der Waals surface area contributed by atoms with Crippen molar-refractivity contribution in [2.45, 2.75) is 34.6 Å². The summed E-state index contributed by atoms with van der Waals surface area (Å²) in [5.41, 5.74) is -0.749. The van der Waals surface area contributed by atoms with Gasteiger partial charge < -0.3 is 4.74 Å². The Labute approximate surface area is 104 Å². The third-order valence-electron chi connectivity index (χ3n) is 1.61. The van der Waals surface area contributed by atoms with E-state index < -0.39 is 34.6 Å². The van der Waals surface area contributed by atoms with Crippen molar-refractivity contribution in [3.05, 3.63) is 28.8 Å². The molecule has 0 heterocycles. The van der Waals surface area contributed by atoms with Crippen molar-refractivity contribution in [2.24, 2.45) is 0 Å². The van der Waals surface area contributed by atoms with Crippen molar-refractivity contribution in [3.8, 4) is 5.75 Å². The van der Waals surface area contributed by atoms with E-state index in [1.807, 2.05) is 27.7 Å². The van der Waals surface area contributed by atoms with Gasteiger partial charge in [-0.2, -0.15) is 4.39 Å². The molecule has 0 aliphatic carbocycles. The smallest absolute Gasteiger partial charge is 0.298 e. The highest BCUT2D eigenvalue weighted by Crippen LogP contribution is 2.28. The predicted octanol–water partition coefficient (Wildman–Crippen LogP) is 4.14. The molecule has 0 aliphatic heterocycles. The number of benzene rings is 1. The van der Waals surface area contributed by atoms with Gasteiger partial charge in [0.25, 0.3) is 6.47 Å². The average molecular weight is 268 g/mol. The van der Waals surface area contributed by atoms with E-state index in [4.69, 9.17) is 0 Å². The van der Waals surface area contributed by atoms with E-state index in [1.165, 1.54) is 0 Å². The Balaban J connectivity index is 0. The fourth-order valence-corrected chi connectivity index (χ4v) is 0.875. The van der Waals surface area contributed by atoms with Gasteiger partial charge in [0.05, 0.1) is 0 Å². The highest BCUT2D eigenvalue weighted by Gasteiger charge is 2.24. The molecule has 0 fully saturated rings. The van der Waals surface area contributed by atoms with Gasteiger partial charge in [0.2, 0.25) is 11.6 Å². The van der Waals surface area contributed by atoms with Crippen LogP contribution in [0.25, 0.3) is 0 Å². The van der Waals surface area contributed by atoms with Gasteiger partial charge in [0.1, 0.15) is 0 Å². The maximum atomic E-state index is 13.0. The SMILES string of the molecule is CC.CC.Cc1c(F)c(F)c(F)c(OC=O)c1F. The summed E-state index contributed by atoms with van der Waals surface area (Å²) in [7, 11) is 0. The van der Waals surface area contributed by atoms with E-state index in [0.717, 1.165) is 6.92 Å². The second-order valence-electron chi connectivity index (χ2n) is 2.42.